The summed E-state index contributed by atoms with van der Waals surface area (Å²) in [6, 6.07) is 10.3. The minimum absolute atomic E-state index is 0. The van der Waals surface area contributed by atoms with Gasteiger partial charge in [0.25, 0.3) is 5.91 Å². The van der Waals surface area contributed by atoms with E-state index in [1.165, 1.54) is 27.8 Å². The molecule has 186 valence electrons. The van der Waals surface area contributed by atoms with E-state index in [9.17, 15) is 13.2 Å². The number of halogens is 1. The molecule has 7 nitrogen and oxygen atoms in total. The Morgan fingerprint density at radius 1 is 1.00 bits per heavy atom. The molecule has 0 aliphatic heterocycles. The molecule has 0 aliphatic rings. The first-order valence-corrected chi connectivity index (χ1v) is 13.3. The van der Waals surface area contributed by atoms with Crippen molar-refractivity contribution in [3.05, 3.63) is 53.1 Å². The smallest absolute Gasteiger partial charge is 0.260 e. The SMILES string of the molecule is CCN(CC)S(=O)(=O)c1ccc(C(=O)N(CCN(C)C)c2nc3cc(C)cc(C)c3s2)cc1.Cl. The molecular formula is C24H33ClN4O3S2. The van der Waals surface area contributed by atoms with Crippen molar-refractivity contribution in [2.75, 3.05) is 45.2 Å². The predicted molar refractivity (Wildman–Crippen MR) is 143 cm³/mol. The Bertz CT molecular complexity index is 1240. The summed E-state index contributed by atoms with van der Waals surface area (Å²) in [6.45, 7) is 9.65. The summed E-state index contributed by atoms with van der Waals surface area (Å²) < 4.78 is 28.0. The zero-order valence-electron chi connectivity index (χ0n) is 20.5. The van der Waals surface area contributed by atoms with Crippen LogP contribution in [0.5, 0.6) is 0 Å². The highest BCUT2D eigenvalue weighted by Crippen LogP contribution is 2.33. The molecule has 0 radical (unpaired) electrons. The van der Waals surface area contributed by atoms with Crippen molar-refractivity contribution in [1.29, 1.82) is 0 Å². The Kier molecular flexibility index (Phi) is 9.62. The highest BCUT2D eigenvalue weighted by molar-refractivity contribution is 7.89. The number of hydrogen-bond acceptors (Lipinski definition) is 6. The number of thiazole rings is 1. The molecule has 0 unspecified atom stereocenters. The first-order chi connectivity index (χ1) is 15.6. The van der Waals surface area contributed by atoms with E-state index in [-0.39, 0.29) is 23.2 Å². The molecule has 1 heterocycles. The van der Waals surface area contributed by atoms with Crippen LogP contribution >= 0.6 is 23.7 Å². The van der Waals surface area contributed by atoms with Crippen LogP contribution in [0.3, 0.4) is 0 Å². The molecule has 3 aromatic rings. The highest BCUT2D eigenvalue weighted by atomic mass is 35.5. The maximum absolute atomic E-state index is 13.5. The van der Waals surface area contributed by atoms with Gasteiger partial charge in [-0.1, -0.05) is 31.3 Å². The first kappa shape index (κ1) is 28.2. The van der Waals surface area contributed by atoms with Gasteiger partial charge in [-0.2, -0.15) is 4.31 Å². The van der Waals surface area contributed by atoms with Gasteiger partial charge in [-0.3, -0.25) is 9.69 Å². The second-order valence-corrected chi connectivity index (χ2v) is 11.2. The molecule has 0 fully saturated rings. The maximum atomic E-state index is 13.5. The van der Waals surface area contributed by atoms with Gasteiger partial charge in [0.2, 0.25) is 10.0 Å². The predicted octanol–water partition coefficient (Wildman–Crippen LogP) is 4.57. The molecule has 0 saturated carbocycles. The molecule has 3 rings (SSSR count). The number of hydrogen-bond donors (Lipinski definition) is 0. The van der Waals surface area contributed by atoms with Gasteiger partial charge in [0, 0.05) is 31.7 Å². The number of anilines is 1. The monoisotopic (exact) mass is 524 g/mol. The number of carbonyl (C=O) groups is 1. The third-order valence-electron chi connectivity index (χ3n) is 5.50. The van der Waals surface area contributed by atoms with Gasteiger partial charge in [0.05, 0.1) is 15.1 Å². The zero-order chi connectivity index (χ0) is 24.3. The van der Waals surface area contributed by atoms with Crippen molar-refractivity contribution in [3.8, 4) is 0 Å². The minimum atomic E-state index is -3.57. The van der Waals surface area contributed by atoms with E-state index >= 15 is 0 Å². The summed E-state index contributed by atoms with van der Waals surface area (Å²) in [5, 5.41) is 0.644. The van der Waals surface area contributed by atoms with Gasteiger partial charge in [0.15, 0.2) is 5.13 Å². The van der Waals surface area contributed by atoms with E-state index in [1.54, 1.807) is 17.0 Å². The topological polar surface area (TPSA) is 73.8 Å². The lowest BCUT2D eigenvalue weighted by Gasteiger charge is -2.22. The van der Waals surface area contributed by atoms with Gasteiger partial charge in [-0.05, 0) is 69.4 Å². The molecule has 0 spiro atoms. The summed E-state index contributed by atoms with van der Waals surface area (Å²) in [6.07, 6.45) is 0. The van der Waals surface area contributed by atoms with E-state index in [0.29, 0.717) is 36.9 Å². The number of aromatic nitrogens is 1. The largest absolute Gasteiger partial charge is 0.308 e. The van der Waals surface area contributed by atoms with Crippen molar-refractivity contribution in [1.82, 2.24) is 14.2 Å². The summed E-state index contributed by atoms with van der Waals surface area (Å²) in [7, 11) is 0.347. The van der Waals surface area contributed by atoms with Crippen LogP contribution in [-0.4, -0.2) is 68.8 Å². The molecule has 2 aromatic carbocycles. The van der Waals surface area contributed by atoms with Crippen molar-refractivity contribution in [2.45, 2.75) is 32.6 Å². The average Bonchev–Trinajstić information content (AvgIpc) is 3.18. The van der Waals surface area contributed by atoms with Crippen molar-refractivity contribution < 1.29 is 13.2 Å². The fourth-order valence-corrected chi connectivity index (χ4v) is 6.20. The maximum Gasteiger partial charge on any atom is 0.260 e. The molecule has 1 aromatic heterocycles. The van der Waals surface area contributed by atoms with Gasteiger partial charge < -0.3 is 4.90 Å². The minimum Gasteiger partial charge on any atom is -0.308 e. The number of carbonyl (C=O) groups excluding carboxylic acids is 1. The van der Waals surface area contributed by atoms with Gasteiger partial charge in [-0.15, -0.1) is 12.4 Å². The van der Waals surface area contributed by atoms with Crippen LogP contribution in [0.4, 0.5) is 5.13 Å². The van der Waals surface area contributed by atoms with Gasteiger partial charge >= 0.3 is 0 Å². The molecule has 10 heteroatoms. The van der Waals surface area contributed by atoms with E-state index in [2.05, 4.69) is 13.0 Å². The molecule has 0 N–H and O–H groups in total. The molecule has 0 aliphatic carbocycles. The van der Waals surface area contributed by atoms with Crippen molar-refractivity contribution in [3.63, 3.8) is 0 Å². The average molecular weight is 525 g/mol. The summed E-state index contributed by atoms with van der Waals surface area (Å²) in [5.74, 6) is -0.197. The van der Waals surface area contributed by atoms with Gasteiger partial charge in [0.1, 0.15) is 0 Å². The van der Waals surface area contributed by atoms with Crippen LogP contribution in [0.1, 0.15) is 35.3 Å². The Hall–Kier alpha value is -2.04. The molecule has 1 amide bonds. The van der Waals surface area contributed by atoms with Crippen molar-refractivity contribution >= 4 is 55.0 Å². The fraction of sp³-hybridized carbons (Fsp3) is 0.417. The number of aryl methyl sites for hydroxylation is 2. The quantitative estimate of drug-likeness (QED) is 0.410. The second-order valence-electron chi connectivity index (χ2n) is 8.30. The third kappa shape index (κ3) is 5.95. The Labute approximate surface area is 212 Å². The van der Waals surface area contributed by atoms with E-state index in [0.717, 1.165) is 21.3 Å². The highest BCUT2D eigenvalue weighted by Gasteiger charge is 2.25. The van der Waals surface area contributed by atoms with Crippen LogP contribution in [0.25, 0.3) is 10.2 Å². The molecule has 34 heavy (non-hydrogen) atoms. The molecule has 0 bridgehead atoms. The number of nitrogens with zero attached hydrogens (tertiary/aromatic N) is 4. The zero-order valence-corrected chi connectivity index (χ0v) is 23.0. The molecule has 0 saturated heterocycles. The first-order valence-electron chi connectivity index (χ1n) is 11.0. The number of benzene rings is 2. The number of likely N-dealkylation sites (N-methyl/N-ethyl adjacent to an activating group) is 1. The van der Waals surface area contributed by atoms with Crippen molar-refractivity contribution in [2.24, 2.45) is 0 Å². The van der Waals surface area contributed by atoms with Gasteiger partial charge in [-0.25, -0.2) is 13.4 Å². The van der Waals surface area contributed by atoms with Crippen LogP contribution in [0.2, 0.25) is 0 Å². The standard InChI is InChI=1S/C24H32N4O3S2.ClH/c1-7-27(8-2)33(30,31)20-11-9-19(10-12-20)23(29)28(14-13-26(5)6)24-25-21-16-17(3)15-18(4)22(21)32-24;/h9-12,15-16H,7-8,13-14H2,1-6H3;1H. The number of sulfonamides is 1. The summed E-state index contributed by atoms with van der Waals surface area (Å²) in [4.78, 5) is 22.2. The lowest BCUT2D eigenvalue weighted by atomic mass is 10.1. The van der Waals surface area contributed by atoms with E-state index < -0.39 is 10.0 Å². The normalized spacial score (nSPS) is 11.8. The van der Waals surface area contributed by atoms with E-state index in [4.69, 9.17) is 4.98 Å². The number of fused-ring (bicyclic) bond motifs is 1. The lowest BCUT2D eigenvalue weighted by molar-refractivity contribution is 0.0985. The van der Waals surface area contributed by atoms with Crippen LogP contribution in [0.15, 0.2) is 41.3 Å². The second kappa shape index (κ2) is 11.6. The van der Waals surface area contributed by atoms with Crippen LogP contribution < -0.4 is 4.90 Å². The number of amides is 1. The number of rotatable bonds is 9. The van der Waals surface area contributed by atoms with Crippen LogP contribution in [-0.2, 0) is 10.0 Å². The Morgan fingerprint density at radius 3 is 2.18 bits per heavy atom. The Morgan fingerprint density at radius 2 is 1.62 bits per heavy atom. The third-order valence-corrected chi connectivity index (χ3v) is 8.79. The fourth-order valence-electron chi connectivity index (χ4n) is 3.70. The summed E-state index contributed by atoms with van der Waals surface area (Å²) in [5.41, 5.74) is 3.59. The van der Waals surface area contributed by atoms with E-state index in [1.807, 2.05) is 45.8 Å². The summed E-state index contributed by atoms with van der Waals surface area (Å²) >= 11 is 1.51. The molecule has 0 atom stereocenters. The molecular weight excluding hydrogens is 492 g/mol. The lowest BCUT2D eigenvalue weighted by Crippen LogP contribution is -2.36. The Balaban J connectivity index is 0.00000408. The van der Waals surface area contributed by atoms with Crippen LogP contribution in [0, 0.1) is 13.8 Å².